The number of hydrogen-bond acceptors (Lipinski definition) is 3. The molecule has 0 bridgehead atoms. The molecular weight excluding hydrogens is 314 g/mol. The molecule has 5 nitrogen and oxygen atoms in total. The van der Waals surface area contributed by atoms with Crippen molar-refractivity contribution < 1.29 is 9.59 Å². The minimum absolute atomic E-state index is 0. The van der Waals surface area contributed by atoms with Crippen LogP contribution in [0.25, 0.3) is 0 Å². The number of benzene rings is 1. The van der Waals surface area contributed by atoms with E-state index in [1.165, 1.54) is 0 Å². The number of nitrogens with one attached hydrogen (secondary N) is 2. The van der Waals surface area contributed by atoms with E-state index in [0.29, 0.717) is 24.2 Å². The van der Waals surface area contributed by atoms with Crippen molar-refractivity contribution in [1.29, 1.82) is 0 Å². The summed E-state index contributed by atoms with van der Waals surface area (Å²) in [6.45, 7) is 3.08. The van der Waals surface area contributed by atoms with Gasteiger partial charge in [0.25, 0.3) is 11.8 Å². The van der Waals surface area contributed by atoms with Gasteiger partial charge in [-0.05, 0) is 37.5 Å². The fourth-order valence-electron chi connectivity index (χ4n) is 2.89. The third-order valence-corrected chi connectivity index (χ3v) is 4.25. The second kappa shape index (κ2) is 8.89. The van der Waals surface area contributed by atoms with Crippen LogP contribution in [0.4, 0.5) is 0 Å². The van der Waals surface area contributed by atoms with Crippen molar-refractivity contribution in [3.05, 3.63) is 35.4 Å². The van der Waals surface area contributed by atoms with Crippen LogP contribution in [0, 0.1) is 0 Å². The van der Waals surface area contributed by atoms with Gasteiger partial charge in [-0.1, -0.05) is 25.8 Å². The van der Waals surface area contributed by atoms with E-state index >= 15 is 0 Å². The van der Waals surface area contributed by atoms with Gasteiger partial charge < -0.3 is 16.4 Å². The predicted molar refractivity (Wildman–Crippen MR) is 94.0 cm³/mol. The number of amides is 2. The number of carbonyl (C=O) groups excluding carboxylic acids is 2. The Morgan fingerprint density at radius 1 is 1.17 bits per heavy atom. The van der Waals surface area contributed by atoms with Gasteiger partial charge in [-0.25, -0.2) is 0 Å². The minimum atomic E-state index is -0.280. The van der Waals surface area contributed by atoms with E-state index in [2.05, 4.69) is 10.6 Å². The lowest BCUT2D eigenvalue weighted by atomic mass is 9.97. The molecule has 1 fully saturated rings. The van der Waals surface area contributed by atoms with Crippen LogP contribution in [-0.2, 0) is 0 Å². The topological polar surface area (TPSA) is 84.2 Å². The maximum Gasteiger partial charge on any atom is 0.251 e. The molecule has 1 saturated carbocycles. The Bertz CT molecular complexity index is 542. The second-order valence-electron chi connectivity index (χ2n) is 5.98. The lowest BCUT2D eigenvalue weighted by Crippen LogP contribution is -2.51. The first-order chi connectivity index (χ1) is 10.6. The summed E-state index contributed by atoms with van der Waals surface area (Å²) in [5.74, 6) is -0.302. The van der Waals surface area contributed by atoms with E-state index in [4.69, 9.17) is 5.73 Å². The van der Waals surface area contributed by atoms with Gasteiger partial charge in [-0.2, -0.15) is 0 Å². The molecule has 0 saturated heterocycles. The molecule has 0 aliphatic heterocycles. The number of halogens is 1. The summed E-state index contributed by atoms with van der Waals surface area (Å²) < 4.78 is 0. The fraction of sp³-hybridized carbons (Fsp3) is 0.529. The smallest absolute Gasteiger partial charge is 0.251 e. The summed E-state index contributed by atoms with van der Waals surface area (Å²) in [5.41, 5.74) is 6.58. The highest BCUT2D eigenvalue weighted by Gasteiger charge is 2.34. The fourth-order valence-corrected chi connectivity index (χ4v) is 2.89. The van der Waals surface area contributed by atoms with Gasteiger partial charge in [-0.15, -0.1) is 12.4 Å². The first-order valence-electron chi connectivity index (χ1n) is 8.01. The molecule has 0 atom stereocenters. The summed E-state index contributed by atoms with van der Waals surface area (Å²) in [6.07, 6.45) is 4.91. The van der Waals surface area contributed by atoms with E-state index in [-0.39, 0.29) is 29.8 Å². The van der Waals surface area contributed by atoms with E-state index in [1.807, 2.05) is 6.92 Å². The van der Waals surface area contributed by atoms with Crippen LogP contribution in [-0.4, -0.2) is 30.4 Å². The highest BCUT2D eigenvalue weighted by atomic mass is 35.5. The molecule has 1 aliphatic rings. The minimum Gasteiger partial charge on any atom is -0.352 e. The molecule has 0 unspecified atom stereocenters. The van der Waals surface area contributed by atoms with Crippen molar-refractivity contribution in [3.63, 3.8) is 0 Å². The molecule has 2 rings (SSSR count). The number of rotatable bonds is 6. The molecule has 1 aromatic rings. The third kappa shape index (κ3) is 4.94. The van der Waals surface area contributed by atoms with E-state index in [9.17, 15) is 9.59 Å². The molecular formula is C17H26ClN3O2. The Balaban J connectivity index is 0.00000264. The SMILES string of the molecule is CCCNC(=O)c1cccc(C(=O)NC2(CN)CCCC2)c1.Cl. The van der Waals surface area contributed by atoms with Crippen LogP contribution in [0.2, 0.25) is 0 Å². The average molecular weight is 340 g/mol. The summed E-state index contributed by atoms with van der Waals surface area (Å²) in [4.78, 5) is 24.4. The molecule has 6 heteroatoms. The van der Waals surface area contributed by atoms with E-state index < -0.39 is 0 Å². The normalized spacial score (nSPS) is 15.6. The van der Waals surface area contributed by atoms with E-state index in [0.717, 1.165) is 32.1 Å². The first kappa shape index (κ1) is 19.5. The number of nitrogens with two attached hydrogens (primary N) is 1. The highest BCUT2D eigenvalue weighted by Crippen LogP contribution is 2.28. The lowest BCUT2D eigenvalue weighted by Gasteiger charge is -2.28. The average Bonchev–Trinajstić information content (AvgIpc) is 3.01. The van der Waals surface area contributed by atoms with Crippen LogP contribution in [0.1, 0.15) is 59.7 Å². The molecule has 1 aliphatic carbocycles. The Labute approximate surface area is 143 Å². The number of hydrogen-bond donors (Lipinski definition) is 3. The summed E-state index contributed by atoms with van der Waals surface area (Å²) >= 11 is 0. The Kier molecular flexibility index (Phi) is 7.52. The third-order valence-electron chi connectivity index (χ3n) is 4.25. The van der Waals surface area contributed by atoms with Crippen LogP contribution in [0.5, 0.6) is 0 Å². The second-order valence-corrected chi connectivity index (χ2v) is 5.98. The van der Waals surface area contributed by atoms with Crippen molar-refractivity contribution in [2.45, 2.75) is 44.6 Å². The summed E-state index contributed by atoms with van der Waals surface area (Å²) in [7, 11) is 0. The molecule has 0 radical (unpaired) electrons. The van der Waals surface area contributed by atoms with Crippen LogP contribution >= 0.6 is 12.4 Å². The van der Waals surface area contributed by atoms with Crippen molar-refractivity contribution in [2.75, 3.05) is 13.1 Å². The zero-order valence-electron chi connectivity index (χ0n) is 13.6. The molecule has 2 amide bonds. The molecule has 128 valence electrons. The summed E-state index contributed by atoms with van der Waals surface area (Å²) in [5, 5.41) is 5.89. The Hall–Kier alpha value is -1.59. The Morgan fingerprint density at radius 3 is 2.35 bits per heavy atom. The molecule has 0 aromatic heterocycles. The predicted octanol–water partition coefficient (Wildman–Crippen LogP) is 2.25. The van der Waals surface area contributed by atoms with Crippen molar-refractivity contribution >= 4 is 24.2 Å². The number of carbonyl (C=O) groups is 2. The van der Waals surface area contributed by atoms with Gasteiger partial charge in [0.2, 0.25) is 0 Å². The van der Waals surface area contributed by atoms with Crippen LogP contribution < -0.4 is 16.4 Å². The van der Waals surface area contributed by atoms with Gasteiger partial charge in [0.1, 0.15) is 0 Å². The van der Waals surface area contributed by atoms with Crippen molar-refractivity contribution in [3.8, 4) is 0 Å². The molecule has 0 heterocycles. The molecule has 4 N–H and O–H groups in total. The van der Waals surface area contributed by atoms with Crippen molar-refractivity contribution in [2.24, 2.45) is 5.73 Å². The van der Waals surface area contributed by atoms with E-state index in [1.54, 1.807) is 24.3 Å². The highest BCUT2D eigenvalue weighted by molar-refractivity contribution is 5.99. The zero-order chi connectivity index (χ0) is 16.0. The van der Waals surface area contributed by atoms with Gasteiger partial charge >= 0.3 is 0 Å². The molecule has 0 spiro atoms. The van der Waals surface area contributed by atoms with Crippen LogP contribution in [0.3, 0.4) is 0 Å². The quantitative estimate of drug-likeness (QED) is 0.743. The van der Waals surface area contributed by atoms with Crippen molar-refractivity contribution in [1.82, 2.24) is 10.6 Å². The largest absolute Gasteiger partial charge is 0.352 e. The van der Waals surface area contributed by atoms with Crippen LogP contribution in [0.15, 0.2) is 24.3 Å². The first-order valence-corrected chi connectivity index (χ1v) is 8.01. The lowest BCUT2D eigenvalue weighted by molar-refractivity contribution is 0.0903. The molecule has 23 heavy (non-hydrogen) atoms. The maximum atomic E-state index is 12.5. The monoisotopic (exact) mass is 339 g/mol. The maximum absolute atomic E-state index is 12.5. The van der Waals surface area contributed by atoms with Gasteiger partial charge in [-0.3, -0.25) is 9.59 Å². The Morgan fingerprint density at radius 2 is 1.78 bits per heavy atom. The zero-order valence-corrected chi connectivity index (χ0v) is 14.4. The molecule has 1 aromatic carbocycles. The van der Waals surface area contributed by atoms with Gasteiger partial charge in [0.15, 0.2) is 0 Å². The van der Waals surface area contributed by atoms with Gasteiger partial charge in [0.05, 0.1) is 5.54 Å². The standard InChI is InChI=1S/C17H25N3O2.ClH/c1-2-10-19-15(21)13-6-5-7-14(11-13)16(22)20-17(12-18)8-3-4-9-17;/h5-7,11H,2-4,8-10,12,18H2,1H3,(H,19,21)(H,20,22);1H. The summed E-state index contributed by atoms with van der Waals surface area (Å²) in [6, 6.07) is 6.82. The van der Waals surface area contributed by atoms with Gasteiger partial charge in [0, 0.05) is 24.2 Å².